The van der Waals surface area contributed by atoms with Crippen molar-refractivity contribution in [2.24, 2.45) is 5.41 Å². The fourth-order valence-corrected chi connectivity index (χ4v) is 5.03. The SMILES string of the molecule is O=S(=O)(CF)N[C@@H]1[C@H](Cc2cccc(-c3cc(F)cc(F)c3)c2F)NCC12CC2. The Morgan fingerprint density at radius 1 is 1.10 bits per heavy atom. The Morgan fingerprint density at radius 3 is 2.41 bits per heavy atom. The van der Waals surface area contributed by atoms with Crippen molar-refractivity contribution in [1.82, 2.24) is 10.0 Å². The van der Waals surface area contributed by atoms with Crippen LogP contribution < -0.4 is 10.0 Å². The summed E-state index contributed by atoms with van der Waals surface area (Å²) >= 11 is 0. The first kappa shape index (κ1) is 20.3. The Hall–Kier alpha value is -1.97. The molecule has 156 valence electrons. The summed E-state index contributed by atoms with van der Waals surface area (Å²) in [6, 6.07) is 4.90. The molecule has 9 heteroatoms. The van der Waals surface area contributed by atoms with Gasteiger partial charge in [0.2, 0.25) is 16.0 Å². The van der Waals surface area contributed by atoms with E-state index in [4.69, 9.17) is 0 Å². The lowest BCUT2D eigenvalue weighted by Gasteiger charge is -2.25. The van der Waals surface area contributed by atoms with Gasteiger partial charge in [-0.3, -0.25) is 0 Å². The number of alkyl halides is 1. The smallest absolute Gasteiger partial charge is 0.241 e. The van der Waals surface area contributed by atoms with E-state index in [1.165, 1.54) is 6.07 Å². The summed E-state index contributed by atoms with van der Waals surface area (Å²) in [6.07, 6.45) is 1.76. The maximum Gasteiger partial charge on any atom is 0.241 e. The maximum absolute atomic E-state index is 15.1. The zero-order valence-electron chi connectivity index (χ0n) is 15.4. The first-order chi connectivity index (χ1) is 13.7. The van der Waals surface area contributed by atoms with E-state index in [2.05, 4.69) is 10.0 Å². The molecule has 4 nitrogen and oxygen atoms in total. The molecule has 0 radical (unpaired) electrons. The molecule has 29 heavy (non-hydrogen) atoms. The molecule has 2 aromatic rings. The molecule has 0 unspecified atom stereocenters. The monoisotopic (exact) mass is 428 g/mol. The van der Waals surface area contributed by atoms with E-state index in [1.54, 1.807) is 12.1 Å². The van der Waals surface area contributed by atoms with E-state index < -0.39 is 45.6 Å². The molecule has 2 aromatic carbocycles. The highest BCUT2D eigenvalue weighted by molar-refractivity contribution is 7.89. The number of hydrogen-bond acceptors (Lipinski definition) is 3. The van der Waals surface area contributed by atoms with E-state index in [0.717, 1.165) is 25.0 Å². The molecule has 4 rings (SSSR count). The highest BCUT2D eigenvalue weighted by Gasteiger charge is 2.57. The van der Waals surface area contributed by atoms with Crippen molar-refractivity contribution in [2.45, 2.75) is 31.3 Å². The zero-order valence-corrected chi connectivity index (χ0v) is 16.2. The minimum atomic E-state index is -4.06. The fraction of sp³-hybridized carbons (Fsp3) is 0.400. The van der Waals surface area contributed by atoms with Crippen LogP contribution in [0.25, 0.3) is 11.1 Å². The average molecular weight is 428 g/mol. The molecule has 2 N–H and O–H groups in total. The second-order valence-corrected chi connectivity index (χ2v) is 9.49. The number of rotatable bonds is 6. The van der Waals surface area contributed by atoms with Crippen molar-refractivity contribution < 1.29 is 26.0 Å². The minimum Gasteiger partial charge on any atom is -0.311 e. The number of hydrogen-bond donors (Lipinski definition) is 2. The zero-order chi connectivity index (χ0) is 20.8. The summed E-state index contributed by atoms with van der Waals surface area (Å²) in [6.45, 7) is 0.563. The third-order valence-electron chi connectivity index (χ3n) is 5.81. The summed E-state index contributed by atoms with van der Waals surface area (Å²) in [5.74, 6) is -2.24. The number of benzene rings is 2. The maximum atomic E-state index is 15.1. The van der Waals surface area contributed by atoms with Crippen LogP contribution in [0.4, 0.5) is 17.6 Å². The number of nitrogens with one attached hydrogen (secondary N) is 2. The van der Waals surface area contributed by atoms with Gasteiger partial charge in [-0.15, -0.1) is 0 Å². The predicted molar refractivity (Wildman–Crippen MR) is 101 cm³/mol. The van der Waals surface area contributed by atoms with E-state index in [0.29, 0.717) is 12.6 Å². The molecule has 2 fully saturated rings. The van der Waals surface area contributed by atoms with Crippen LogP contribution in [0.15, 0.2) is 36.4 Å². The Bertz CT molecular complexity index is 1020. The van der Waals surface area contributed by atoms with Crippen molar-refractivity contribution in [1.29, 1.82) is 0 Å². The van der Waals surface area contributed by atoms with Gasteiger partial charge in [0.05, 0.1) is 0 Å². The minimum absolute atomic E-state index is 0.0564. The second kappa shape index (κ2) is 7.37. The first-order valence-corrected chi connectivity index (χ1v) is 10.9. The van der Waals surface area contributed by atoms with Crippen LogP contribution >= 0.6 is 0 Å². The Labute approximate surface area is 166 Å². The van der Waals surface area contributed by atoms with Gasteiger partial charge in [-0.1, -0.05) is 18.2 Å². The third-order valence-corrected chi connectivity index (χ3v) is 6.71. The highest BCUT2D eigenvalue weighted by Crippen LogP contribution is 2.52. The first-order valence-electron chi connectivity index (χ1n) is 9.26. The summed E-state index contributed by atoms with van der Waals surface area (Å²) in [5, 5.41) is 3.22. The van der Waals surface area contributed by atoms with Crippen LogP contribution in [-0.4, -0.2) is 33.1 Å². The summed E-state index contributed by atoms with van der Waals surface area (Å²) < 4.78 is 81.0. The Balaban J connectivity index is 1.62. The molecular formula is C20H20F4N2O2S. The summed E-state index contributed by atoms with van der Waals surface area (Å²) in [5.41, 5.74) is 0.148. The van der Waals surface area contributed by atoms with Crippen molar-refractivity contribution in [3.05, 3.63) is 59.4 Å². The van der Waals surface area contributed by atoms with Crippen LogP contribution in [0, 0.1) is 22.9 Å². The third kappa shape index (κ3) is 4.04. The lowest BCUT2D eigenvalue weighted by Crippen LogP contribution is -2.48. The van der Waals surface area contributed by atoms with Gasteiger partial charge in [-0.2, -0.15) is 0 Å². The number of sulfonamides is 1. The largest absolute Gasteiger partial charge is 0.311 e. The van der Waals surface area contributed by atoms with Crippen LogP contribution in [0.2, 0.25) is 0 Å². The van der Waals surface area contributed by atoms with Gasteiger partial charge in [0.15, 0.2) is 0 Å². The lowest BCUT2D eigenvalue weighted by atomic mass is 9.91. The molecule has 1 aliphatic carbocycles. The standard InChI is InChI=1S/C20H20F4N2O2S/c21-11-29(27,28)26-19-17(25-10-20(19)4-5-20)8-12-2-1-3-16(18(12)24)13-6-14(22)9-15(23)7-13/h1-3,6-7,9,17,19,25-26H,4-5,8,10-11H2/t17-,19+/m0/s1. The molecule has 2 atom stereocenters. The van der Waals surface area contributed by atoms with Crippen LogP contribution in [0.5, 0.6) is 0 Å². The average Bonchev–Trinajstić information content (AvgIpc) is 3.38. The molecule has 1 spiro atoms. The van der Waals surface area contributed by atoms with Gasteiger partial charge in [-0.25, -0.2) is 30.7 Å². The van der Waals surface area contributed by atoms with E-state index >= 15 is 4.39 Å². The van der Waals surface area contributed by atoms with Crippen molar-refractivity contribution in [3.63, 3.8) is 0 Å². The Morgan fingerprint density at radius 2 is 1.79 bits per heavy atom. The van der Waals surface area contributed by atoms with E-state index in [9.17, 15) is 21.6 Å². The van der Waals surface area contributed by atoms with Gasteiger partial charge in [-0.05, 0) is 42.5 Å². The number of halogens is 4. The molecule has 1 saturated heterocycles. The quantitative estimate of drug-likeness (QED) is 0.695. The summed E-state index contributed by atoms with van der Waals surface area (Å²) in [7, 11) is -4.06. The summed E-state index contributed by atoms with van der Waals surface area (Å²) in [4.78, 5) is 0. The van der Waals surface area contributed by atoms with Crippen molar-refractivity contribution in [2.75, 3.05) is 12.6 Å². The molecule has 0 amide bonds. The van der Waals surface area contributed by atoms with Crippen LogP contribution in [-0.2, 0) is 16.4 Å². The van der Waals surface area contributed by atoms with Gasteiger partial charge in [0.1, 0.15) is 17.5 Å². The van der Waals surface area contributed by atoms with Crippen LogP contribution in [0.1, 0.15) is 18.4 Å². The molecule has 1 aliphatic heterocycles. The molecule has 0 aromatic heterocycles. The lowest BCUT2D eigenvalue weighted by molar-refractivity contribution is 0.401. The topological polar surface area (TPSA) is 58.2 Å². The normalized spacial score (nSPS) is 22.9. The van der Waals surface area contributed by atoms with Crippen LogP contribution in [0.3, 0.4) is 0 Å². The van der Waals surface area contributed by atoms with Gasteiger partial charge in [0.25, 0.3) is 0 Å². The molecular weight excluding hydrogens is 408 g/mol. The second-order valence-electron chi connectivity index (χ2n) is 7.81. The van der Waals surface area contributed by atoms with Crippen molar-refractivity contribution in [3.8, 4) is 11.1 Å². The molecule has 0 bridgehead atoms. The molecule has 1 saturated carbocycles. The highest BCUT2D eigenvalue weighted by atomic mass is 32.2. The van der Waals surface area contributed by atoms with Crippen molar-refractivity contribution >= 4 is 10.0 Å². The fourth-order valence-electron chi connectivity index (χ4n) is 4.17. The van der Waals surface area contributed by atoms with Gasteiger partial charge < -0.3 is 5.32 Å². The van der Waals surface area contributed by atoms with Gasteiger partial charge in [0, 0.05) is 35.7 Å². The molecule has 1 heterocycles. The molecule has 2 aliphatic rings. The Kier molecular flexibility index (Phi) is 5.16. The van der Waals surface area contributed by atoms with E-state index in [1.807, 2.05) is 0 Å². The van der Waals surface area contributed by atoms with E-state index in [-0.39, 0.29) is 28.5 Å². The van der Waals surface area contributed by atoms with Gasteiger partial charge >= 0.3 is 0 Å². The predicted octanol–water partition coefficient (Wildman–Crippen LogP) is 3.28.